The van der Waals surface area contributed by atoms with Gasteiger partial charge in [0.25, 0.3) is 0 Å². The summed E-state index contributed by atoms with van der Waals surface area (Å²) < 4.78 is 0. The van der Waals surface area contributed by atoms with Crippen LogP contribution >= 0.6 is 0 Å². The first kappa shape index (κ1) is 21.6. The van der Waals surface area contributed by atoms with E-state index in [1.54, 1.807) is 19.5 Å². The molecule has 6 heteroatoms. The molecule has 0 atom stereocenters. The predicted octanol–water partition coefficient (Wildman–Crippen LogP) is 4.07. The molecule has 1 aliphatic rings. The molecule has 1 fully saturated rings. The molecule has 0 spiro atoms. The molecule has 3 aromatic rings. The van der Waals surface area contributed by atoms with Crippen LogP contribution in [0.3, 0.4) is 0 Å². The highest BCUT2D eigenvalue weighted by Crippen LogP contribution is 2.25. The standard InChI is InChI=1S/C26H30N6/c1-19(20-5-4-6-25(14-20)32-11-9-31(3)10-12-32)30-26-15-23-13-21(24(16-27)17-28-2)7-8-22(23)18-29-26/h4-8,13-18H,1,9-12,27H2,2-3H3,(H,29,30). The van der Waals surface area contributed by atoms with Gasteiger partial charge in [0.2, 0.25) is 0 Å². The van der Waals surface area contributed by atoms with Crippen molar-refractivity contribution in [1.82, 2.24) is 9.88 Å². The van der Waals surface area contributed by atoms with Crippen LogP contribution in [-0.4, -0.2) is 56.4 Å². The van der Waals surface area contributed by atoms with Crippen LogP contribution in [0.15, 0.2) is 72.5 Å². The van der Waals surface area contributed by atoms with Crippen molar-refractivity contribution in [3.05, 3.63) is 78.6 Å². The molecule has 1 aliphatic heterocycles. The van der Waals surface area contributed by atoms with Crippen LogP contribution in [0.2, 0.25) is 0 Å². The lowest BCUT2D eigenvalue weighted by atomic mass is 10.0. The molecular weight excluding hydrogens is 396 g/mol. The van der Waals surface area contributed by atoms with Gasteiger partial charge in [-0.1, -0.05) is 30.8 Å². The predicted molar refractivity (Wildman–Crippen MR) is 137 cm³/mol. The third-order valence-corrected chi connectivity index (χ3v) is 5.84. The van der Waals surface area contributed by atoms with E-state index in [1.807, 2.05) is 24.4 Å². The fraction of sp³-hybridized carbons (Fsp3) is 0.231. The van der Waals surface area contributed by atoms with Crippen molar-refractivity contribution in [2.24, 2.45) is 10.7 Å². The van der Waals surface area contributed by atoms with Crippen molar-refractivity contribution >= 4 is 39.8 Å². The number of pyridine rings is 1. The van der Waals surface area contributed by atoms with Crippen molar-refractivity contribution in [1.29, 1.82) is 0 Å². The van der Waals surface area contributed by atoms with E-state index in [0.717, 1.165) is 65.2 Å². The monoisotopic (exact) mass is 426 g/mol. The van der Waals surface area contributed by atoms with Crippen molar-refractivity contribution in [2.45, 2.75) is 0 Å². The molecule has 4 rings (SSSR count). The molecular formula is C26H30N6. The molecule has 6 nitrogen and oxygen atoms in total. The van der Waals surface area contributed by atoms with Gasteiger partial charge in [0.1, 0.15) is 5.82 Å². The topological polar surface area (TPSA) is 69.8 Å². The fourth-order valence-corrected chi connectivity index (χ4v) is 3.92. The number of aliphatic imine (C=N–C) groups is 1. The van der Waals surface area contributed by atoms with Crippen molar-refractivity contribution < 1.29 is 0 Å². The van der Waals surface area contributed by atoms with Gasteiger partial charge in [-0.15, -0.1) is 0 Å². The molecule has 0 amide bonds. The lowest BCUT2D eigenvalue weighted by Crippen LogP contribution is -2.44. The number of fused-ring (bicyclic) bond motifs is 1. The molecule has 2 aromatic carbocycles. The van der Waals surface area contributed by atoms with E-state index >= 15 is 0 Å². The minimum atomic E-state index is 0.757. The number of nitrogens with zero attached hydrogens (tertiary/aromatic N) is 4. The highest BCUT2D eigenvalue weighted by molar-refractivity contribution is 6.10. The molecule has 0 radical (unpaired) electrons. The number of anilines is 2. The minimum Gasteiger partial charge on any atom is -0.404 e. The Labute approximate surface area is 189 Å². The maximum absolute atomic E-state index is 5.77. The number of allylic oxidation sites excluding steroid dienone is 1. The van der Waals surface area contributed by atoms with Crippen LogP contribution in [0.25, 0.3) is 22.0 Å². The average Bonchev–Trinajstić information content (AvgIpc) is 2.82. The Morgan fingerprint density at radius 3 is 2.62 bits per heavy atom. The number of hydrogen-bond donors (Lipinski definition) is 2. The van der Waals surface area contributed by atoms with Gasteiger partial charge in [-0.05, 0) is 47.8 Å². The normalized spacial score (nSPS) is 15.4. The average molecular weight is 427 g/mol. The van der Waals surface area contributed by atoms with Crippen LogP contribution in [0.4, 0.5) is 11.5 Å². The van der Waals surface area contributed by atoms with E-state index in [1.165, 1.54) is 5.69 Å². The number of piperazine rings is 1. The number of nitrogens with one attached hydrogen (secondary N) is 1. The van der Waals surface area contributed by atoms with Gasteiger partial charge >= 0.3 is 0 Å². The van der Waals surface area contributed by atoms with Gasteiger partial charge < -0.3 is 20.9 Å². The summed E-state index contributed by atoms with van der Waals surface area (Å²) in [4.78, 5) is 13.4. The fourth-order valence-electron chi connectivity index (χ4n) is 3.92. The van der Waals surface area contributed by atoms with Gasteiger partial charge in [0.05, 0.1) is 0 Å². The molecule has 0 saturated carbocycles. The van der Waals surface area contributed by atoms with E-state index in [-0.39, 0.29) is 0 Å². The summed E-state index contributed by atoms with van der Waals surface area (Å²) in [6.07, 6.45) is 5.20. The van der Waals surface area contributed by atoms with Gasteiger partial charge in [0, 0.05) is 74.2 Å². The highest BCUT2D eigenvalue weighted by atomic mass is 15.2. The van der Waals surface area contributed by atoms with Crippen LogP contribution in [0.1, 0.15) is 11.1 Å². The van der Waals surface area contributed by atoms with Gasteiger partial charge in [-0.3, -0.25) is 4.99 Å². The summed E-state index contributed by atoms with van der Waals surface area (Å²) in [5.74, 6) is 0.757. The largest absolute Gasteiger partial charge is 0.404 e. The van der Waals surface area contributed by atoms with Crippen LogP contribution in [0, 0.1) is 0 Å². The molecule has 1 saturated heterocycles. The minimum absolute atomic E-state index is 0.757. The number of rotatable bonds is 6. The number of hydrogen-bond acceptors (Lipinski definition) is 6. The van der Waals surface area contributed by atoms with Crippen molar-refractivity contribution in [2.75, 3.05) is 50.5 Å². The number of likely N-dealkylation sites (N-methyl/N-ethyl adjacent to an activating group) is 1. The first-order valence-corrected chi connectivity index (χ1v) is 10.8. The molecule has 0 bridgehead atoms. The third-order valence-electron chi connectivity index (χ3n) is 5.84. The lowest BCUT2D eigenvalue weighted by Gasteiger charge is -2.34. The van der Waals surface area contributed by atoms with Crippen LogP contribution < -0.4 is 16.0 Å². The number of benzene rings is 2. The number of aromatic nitrogens is 1. The Morgan fingerprint density at radius 1 is 1.06 bits per heavy atom. The van der Waals surface area contributed by atoms with E-state index < -0.39 is 0 Å². The van der Waals surface area contributed by atoms with E-state index in [9.17, 15) is 0 Å². The molecule has 0 aliphatic carbocycles. The first-order chi connectivity index (χ1) is 15.6. The van der Waals surface area contributed by atoms with E-state index in [2.05, 4.69) is 69.1 Å². The summed E-state index contributed by atoms with van der Waals surface area (Å²) in [5, 5.41) is 5.51. The molecule has 3 N–H and O–H groups in total. The highest BCUT2D eigenvalue weighted by Gasteiger charge is 2.15. The zero-order chi connectivity index (χ0) is 22.5. The molecule has 0 unspecified atom stereocenters. The Bertz CT molecular complexity index is 1170. The molecule has 32 heavy (non-hydrogen) atoms. The summed E-state index contributed by atoms with van der Waals surface area (Å²) in [6, 6.07) is 16.7. The summed E-state index contributed by atoms with van der Waals surface area (Å²) in [6.45, 7) is 8.50. The van der Waals surface area contributed by atoms with Crippen molar-refractivity contribution in [3.63, 3.8) is 0 Å². The van der Waals surface area contributed by atoms with E-state index in [0.29, 0.717) is 0 Å². The zero-order valence-electron chi connectivity index (χ0n) is 18.8. The second-order valence-corrected chi connectivity index (χ2v) is 8.08. The first-order valence-electron chi connectivity index (χ1n) is 10.8. The quantitative estimate of drug-likeness (QED) is 0.582. The Balaban J connectivity index is 1.54. The third kappa shape index (κ3) is 4.81. The van der Waals surface area contributed by atoms with Gasteiger partial charge in [-0.2, -0.15) is 0 Å². The molecule has 1 aromatic heterocycles. The summed E-state index contributed by atoms with van der Waals surface area (Å²) in [5.41, 5.74) is 10.8. The van der Waals surface area contributed by atoms with Gasteiger partial charge in [-0.25, -0.2) is 4.98 Å². The van der Waals surface area contributed by atoms with E-state index in [4.69, 9.17) is 5.73 Å². The Morgan fingerprint density at radius 2 is 1.88 bits per heavy atom. The maximum atomic E-state index is 5.77. The molecule has 164 valence electrons. The second kappa shape index (κ2) is 9.66. The summed E-state index contributed by atoms with van der Waals surface area (Å²) >= 11 is 0. The second-order valence-electron chi connectivity index (χ2n) is 8.08. The van der Waals surface area contributed by atoms with Crippen LogP contribution in [-0.2, 0) is 0 Å². The Hall–Kier alpha value is -3.64. The lowest BCUT2D eigenvalue weighted by molar-refractivity contribution is 0.313. The SMILES string of the molecule is C=C(Nc1cc2cc(C(C=NC)=CN)ccc2cn1)c1cccc(N2CCN(C)CC2)c1. The van der Waals surface area contributed by atoms with Gasteiger partial charge in [0.15, 0.2) is 0 Å². The Kier molecular flexibility index (Phi) is 6.52. The van der Waals surface area contributed by atoms with Crippen molar-refractivity contribution in [3.8, 4) is 0 Å². The summed E-state index contributed by atoms with van der Waals surface area (Å²) in [7, 11) is 3.91. The maximum Gasteiger partial charge on any atom is 0.130 e. The smallest absolute Gasteiger partial charge is 0.130 e. The van der Waals surface area contributed by atoms with Crippen LogP contribution in [0.5, 0.6) is 0 Å². The molecule has 2 heterocycles. The number of nitrogens with two attached hydrogens (primary N) is 1. The zero-order valence-corrected chi connectivity index (χ0v) is 18.8.